The fraction of sp³-hybridized carbons (Fsp3) is 0.423. The number of hydrogen-bond acceptors (Lipinski definition) is 6. The molecular weight excluding hydrogens is 425 g/mol. The van der Waals surface area contributed by atoms with E-state index in [0.717, 1.165) is 16.8 Å². The summed E-state index contributed by atoms with van der Waals surface area (Å²) in [6.07, 6.45) is 1.39. The van der Waals surface area contributed by atoms with Crippen LogP contribution in [-0.2, 0) is 20.9 Å². The number of rotatable bonds is 10. The van der Waals surface area contributed by atoms with E-state index in [1.165, 1.54) is 25.3 Å². The summed E-state index contributed by atoms with van der Waals surface area (Å²) in [6.45, 7) is 7.79. The second-order valence-corrected chi connectivity index (χ2v) is 8.55. The van der Waals surface area contributed by atoms with E-state index < -0.39 is 24.3 Å². The number of esters is 1. The predicted octanol–water partition coefficient (Wildman–Crippen LogP) is 4.52. The average molecular weight is 458 g/mol. The molecule has 0 spiro atoms. The molecular formula is C26H32FNO5. The van der Waals surface area contributed by atoms with Crippen molar-refractivity contribution in [2.45, 2.75) is 65.1 Å². The topological polar surface area (TPSA) is 96.7 Å². The standard InChI is InChI=1S/C26H32FNO5/c1-15(2)24-21(11-10-19(30)12-20(31)13-23(32)33-5)26(17-6-8-18(27)9-7-17)28-25(16(3)4)22(24)14-29/h6-11,15-16,19,29-30H,12-14H2,1-5H3/b11-10+. The Morgan fingerprint density at radius 3 is 2.27 bits per heavy atom. The van der Waals surface area contributed by atoms with Crippen LogP contribution < -0.4 is 0 Å². The highest BCUT2D eigenvalue weighted by Crippen LogP contribution is 2.36. The predicted molar refractivity (Wildman–Crippen MR) is 125 cm³/mol. The van der Waals surface area contributed by atoms with Gasteiger partial charge in [-0.25, -0.2) is 4.39 Å². The Hall–Kier alpha value is -2.90. The van der Waals surface area contributed by atoms with Gasteiger partial charge in [-0.3, -0.25) is 14.6 Å². The van der Waals surface area contributed by atoms with Gasteiger partial charge in [-0.15, -0.1) is 0 Å². The summed E-state index contributed by atoms with van der Waals surface area (Å²) in [6, 6.07) is 5.99. The molecule has 33 heavy (non-hydrogen) atoms. The maximum absolute atomic E-state index is 13.6. The van der Waals surface area contributed by atoms with Crippen molar-refractivity contribution < 1.29 is 28.9 Å². The SMILES string of the molecule is COC(=O)CC(=O)CC(O)/C=C/c1c(-c2ccc(F)cc2)nc(C(C)C)c(CO)c1C(C)C. The van der Waals surface area contributed by atoms with Gasteiger partial charge in [0.2, 0.25) is 0 Å². The lowest BCUT2D eigenvalue weighted by Gasteiger charge is -2.23. The first kappa shape index (κ1) is 26.4. The maximum Gasteiger partial charge on any atom is 0.313 e. The van der Waals surface area contributed by atoms with E-state index in [-0.39, 0.29) is 30.7 Å². The third-order valence-electron chi connectivity index (χ3n) is 5.30. The van der Waals surface area contributed by atoms with Gasteiger partial charge in [0.15, 0.2) is 0 Å². The van der Waals surface area contributed by atoms with E-state index in [1.807, 2.05) is 27.7 Å². The molecule has 1 aromatic carbocycles. The van der Waals surface area contributed by atoms with Crippen LogP contribution in [0.15, 0.2) is 30.3 Å². The number of ketones is 1. The number of nitrogens with zero attached hydrogens (tertiary/aromatic N) is 1. The van der Waals surface area contributed by atoms with Crippen molar-refractivity contribution in [2.24, 2.45) is 0 Å². The molecule has 0 fully saturated rings. The van der Waals surface area contributed by atoms with E-state index in [2.05, 4.69) is 4.74 Å². The summed E-state index contributed by atoms with van der Waals surface area (Å²) in [7, 11) is 1.20. The average Bonchev–Trinajstić information content (AvgIpc) is 2.76. The van der Waals surface area contributed by atoms with Gasteiger partial charge in [-0.05, 0) is 41.7 Å². The van der Waals surface area contributed by atoms with Crippen LogP contribution in [0.4, 0.5) is 4.39 Å². The fourth-order valence-electron chi connectivity index (χ4n) is 3.79. The molecule has 7 heteroatoms. The molecule has 0 aliphatic rings. The van der Waals surface area contributed by atoms with E-state index in [4.69, 9.17) is 4.98 Å². The van der Waals surface area contributed by atoms with Crippen LogP contribution in [0.25, 0.3) is 17.3 Å². The molecule has 2 N–H and O–H groups in total. The van der Waals surface area contributed by atoms with Gasteiger partial charge in [0.05, 0.1) is 25.5 Å². The summed E-state index contributed by atoms with van der Waals surface area (Å²) in [5.41, 5.74) is 4.34. The molecule has 0 saturated carbocycles. The van der Waals surface area contributed by atoms with Crippen molar-refractivity contribution in [3.8, 4) is 11.3 Å². The molecule has 1 unspecified atom stereocenters. The Morgan fingerprint density at radius 2 is 1.76 bits per heavy atom. The number of benzene rings is 1. The highest BCUT2D eigenvalue weighted by atomic mass is 19.1. The smallest absolute Gasteiger partial charge is 0.313 e. The van der Waals surface area contributed by atoms with Crippen LogP contribution in [0.3, 0.4) is 0 Å². The van der Waals surface area contributed by atoms with Crippen molar-refractivity contribution in [1.82, 2.24) is 4.98 Å². The lowest BCUT2D eigenvalue weighted by molar-refractivity contribution is -0.143. The third kappa shape index (κ3) is 6.79. The van der Waals surface area contributed by atoms with Crippen LogP contribution in [0, 0.1) is 5.82 Å². The van der Waals surface area contributed by atoms with Crippen molar-refractivity contribution in [3.63, 3.8) is 0 Å². The van der Waals surface area contributed by atoms with Gasteiger partial charge in [-0.1, -0.05) is 39.8 Å². The van der Waals surface area contributed by atoms with Crippen molar-refractivity contribution in [3.05, 3.63) is 58.5 Å². The second-order valence-electron chi connectivity index (χ2n) is 8.55. The Kier molecular flexibility index (Phi) is 9.44. The van der Waals surface area contributed by atoms with Crippen molar-refractivity contribution in [1.29, 1.82) is 0 Å². The molecule has 0 bridgehead atoms. The third-order valence-corrected chi connectivity index (χ3v) is 5.30. The van der Waals surface area contributed by atoms with Crippen LogP contribution in [-0.4, -0.2) is 40.2 Å². The van der Waals surface area contributed by atoms with Gasteiger partial charge in [0, 0.05) is 28.8 Å². The molecule has 2 rings (SSSR count). The molecule has 0 aliphatic carbocycles. The van der Waals surface area contributed by atoms with Crippen molar-refractivity contribution >= 4 is 17.8 Å². The lowest BCUT2D eigenvalue weighted by Crippen LogP contribution is -2.15. The minimum absolute atomic E-state index is 0.0181. The van der Waals surface area contributed by atoms with Crippen LogP contribution in [0.5, 0.6) is 0 Å². The monoisotopic (exact) mass is 457 g/mol. The van der Waals surface area contributed by atoms with E-state index in [0.29, 0.717) is 16.8 Å². The normalized spacial score (nSPS) is 12.5. The van der Waals surface area contributed by atoms with E-state index in [1.54, 1.807) is 18.2 Å². The zero-order chi connectivity index (χ0) is 24.7. The number of hydrogen-bond donors (Lipinski definition) is 2. The maximum atomic E-state index is 13.6. The van der Waals surface area contributed by atoms with Gasteiger partial charge in [0.1, 0.15) is 18.0 Å². The van der Waals surface area contributed by atoms with Crippen LogP contribution in [0.2, 0.25) is 0 Å². The zero-order valence-electron chi connectivity index (χ0n) is 19.8. The first-order valence-corrected chi connectivity index (χ1v) is 11.0. The number of carbonyl (C=O) groups excluding carboxylic acids is 2. The van der Waals surface area contributed by atoms with E-state index >= 15 is 0 Å². The summed E-state index contributed by atoms with van der Waals surface area (Å²) in [5, 5.41) is 20.6. The quantitative estimate of drug-likeness (QED) is 0.402. The molecule has 178 valence electrons. The van der Waals surface area contributed by atoms with Gasteiger partial charge in [0.25, 0.3) is 0 Å². The van der Waals surface area contributed by atoms with Gasteiger partial charge in [-0.2, -0.15) is 0 Å². The fourth-order valence-corrected chi connectivity index (χ4v) is 3.79. The Labute approximate surface area is 194 Å². The largest absolute Gasteiger partial charge is 0.469 e. The number of carbonyl (C=O) groups is 2. The Bertz CT molecular complexity index is 1010. The number of aliphatic hydroxyl groups excluding tert-OH is 2. The molecule has 0 saturated heterocycles. The second kappa shape index (κ2) is 11.8. The minimum atomic E-state index is -1.12. The molecule has 6 nitrogen and oxygen atoms in total. The summed E-state index contributed by atoms with van der Waals surface area (Å²) >= 11 is 0. The number of Topliss-reactive ketones (excluding diaryl/α,β-unsaturated/α-hetero) is 1. The number of aromatic nitrogens is 1. The first-order chi connectivity index (χ1) is 15.6. The number of methoxy groups -OCH3 is 1. The van der Waals surface area contributed by atoms with Crippen molar-refractivity contribution in [2.75, 3.05) is 7.11 Å². The van der Waals surface area contributed by atoms with Gasteiger partial charge >= 0.3 is 5.97 Å². The van der Waals surface area contributed by atoms with Crippen LogP contribution >= 0.6 is 0 Å². The molecule has 0 aliphatic heterocycles. The number of aliphatic hydroxyl groups is 2. The number of ether oxygens (including phenoxy) is 1. The minimum Gasteiger partial charge on any atom is -0.469 e. The molecule has 0 radical (unpaired) electrons. The van der Waals surface area contributed by atoms with Gasteiger partial charge < -0.3 is 14.9 Å². The molecule has 1 heterocycles. The molecule has 0 amide bonds. The summed E-state index contributed by atoms with van der Waals surface area (Å²) in [5.74, 6) is -1.40. The van der Waals surface area contributed by atoms with E-state index in [9.17, 15) is 24.2 Å². The Balaban J connectivity index is 2.60. The highest BCUT2D eigenvalue weighted by Gasteiger charge is 2.23. The van der Waals surface area contributed by atoms with Crippen LogP contribution in [0.1, 0.15) is 74.8 Å². The molecule has 1 atom stereocenters. The number of pyridine rings is 1. The first-order valence-electron chi connectivity index (χ1n) is 11.0. The molecule has 1 aromatic heterocycles. The summed E-state index contributed by atoms with van der Waals surface area (Å²) < 4.78 is 18.0. The lowest BCUT2D eigenvalue weighted by atomic mass is 9.86. The highest BCUT2D eigenvalue weighted by molar-refractivity contribution is 5.95. The molecule has 2 aromatic rings. The zero-order valence-corrected chi connectivity index (χ0v) is 19.8. The number of halogens is 1. The summed E-state index contributed by atoms with van der Waals surface area (Å²) in [4.78, 5) is 28.1. The Morgan fingerprint density at radius 1 is 1.12 bits per heavy atom.